The maximum atomic E-state index is 12.7. The molecule has 1 saturated heterocycles. The molecule has 3 rings (SSSR count). The molecule has 3 N–H and O–H groups in total. The molecule has 1 fully saturated rings. The van der Waals surface area contributed by atoms with E-state index in [1.807, 2.05) is 0 Å². The zero-order valence-corrected chi connectivity index (χ0v) is 15.1. The third kappa shape index (κ3) is 4.09. The number of amides is 4. The Morgan fingerprint density at radius 2 is 1.96 bits per heavy atom. The van der Waals surface area contributed by atoms with Crippen molar-refractivity contribution in [1.82, 2.24) is 15.6 Å². The molecular weight excluding hydrogens is 397 g/mol. The van der Waals surface area contributed by atoms with Gasteiger partial charge in [0.05, 0.1) is 5.56 Å². The zero-order valence-electron chi connectivity index (χ0n) is 14.3. The third-order valence-electron chi connectivity index (χ3n) is 3.97. The molecule has 0 spiro atoms. The van der Waals surface area contributed by atoms with Crippen LogP contribution in [-0.2, 0) is 10.3 Å². The van der Waals surface area contributed by atoms with Gasteiger partial charge in [-0.05, 0) is 36.8 Å². The summed E-state index contributed by atoms with van der Waals surface area (Å²) in [5, 5.41) is 6.63. The number of hydrogen-bond donors (Lipinski definition) is 3. The number of aromatic nitrogens is 1. The Kier molecular flexibility index (Phi) is 5.02. The summed E-state index contributed by atoms with van der Waals surface area (Å²) in [5.41, 5.74) is -5.53. The van der Waals surface area contributed by atoms with E-state index in [1.165, 1.54) is 31.2 Å². The predicted octanol–water partition coefficient (Wildman–Crippen LogP) is 3.00. The molecule has 0 saturated carbocycles. The lowest BCUT2D eigenvalue weighted by Gasteiger charge is -2.21. The fraction of sp³-hybridized carbons (Fsp3) is 0.176. The second-order valence-electron chi connectivity index (χ2n) is 5.97. The molecule has 2 heterocycles. The number of hydrogen-bond acceptors (Lipinski definition) is 5. The number of imide groups is 1. The number of halogens is 3. The Hall–Kier alpha value is -3.08. The minimum Gasteiger partial charge on any atom is -0.322 e. The molecule has 1 aliphatic rings. The molecule has 1 aromatic carbocycles. The van der Waals surface area contributed by atoms with Crippen LogP contribution in [0.1, 0.15) is 22.8 Å². The first kappa shape index (κ1) is 19.7. The van der Waals surface area contributed by atoms with Crippen LogP contribution in [0.4, 0.5) is 23.7 Å². The van der Waals surface area contributed by atoms with Crippen molar-refractivity contribution in [3.8, 4) is 0 Å². The predicted molar refractivity (Wildman–Crippen MR) is 94.6 cm³/mol. The van der Waals surface area contributed by atoms with Crippen molar-refractivity contribution in [2.24, 2.45) is 0 Å². The van der Waals surface area contributed by atoms with E-state index in [9.17, 15) is 27.6 Å². The number of nitrogens with zero attached hydrogens (tertiary/aromatic N) is 1. The molecule has 7 nitrogen and oxygen atoms in total. The Balaban J connectivity index is 1.85. The van der Waals surface area contributed by atoms with Crippen molar-refractivity contribution in [2.45, 2.75) is 23.0 Å². The van der Waals surface area contributed by atoms with Gasteiger partial charge in [0.25, 0.3) is 11.8 Å². The number of anilines is 1. The van der Waals surface area contributed by atoms with Crippen LogP contribution >= 0.6 is 11.8 Å². The highest BCUT2D eigenvalue weighted by Crippen LogP contribution is 2.37. The smallest absolute Gasteiger partial charge is 0.322 e. The van der Waals surface area contributed by atoms with Crippen LogP contribution in [0.5, 0.6) is 0 Å². The van der Waals surface area contributed by atoms with Gasteiger partial charge in [0, 0.05) is 23.6 Å². The molecule has 1 aliphatic heterocycles. The van der Waals surface area contributed by atoms with Crippen LogP contribution in [0, 0.1) is 0 Å². The first-order valence-corrected chi connectivity index (χ1v) is 8.66. The van der Waals surface area contributed by atoms with E-state index in [-0.39, 0.29) is 11.3 Å². The monoisotopic (exact) mass is 410 g/mol. The summed E-state index contributed by atoms with van der Waals surface area (Å²) < 4.78 is 38.0. The summed E-state index contributed by atoms with van der Waals surface area (Å²) in [6.45, 7) is 1.49. The summed E-state index contributed by atoms with van der Waals surface area (Å²) in [6, 6.07) is 8.02. The van der Waals surface area contributed by atoms with Gasteiger partial charge < -0.3 is 10.6 Å². The molecule has 4 amide bonds. The highest BCUT2D eigenvalue weighted by molar-refractivity contribution is 8.00. The molecule has 1 atom stereocenters. The number of benzene rings is 1. The lowest BCUT2D eigenvalue weighted by Crippen LogP contribution is -2.40. The largest absolute Gasteiger partial charge is 0.447 e. The van der Waals surface area contributed by atoms with Crippen LogP contribution < -0.4 is 16.0 Å². The Labute approximate surface area is 161 Å². The third-order valence-corrected chi connectivity index (χ3v) is 4.72. The molecule has 28 heavy (non-hydrogen) atoms. The average molecular weight is 410 g/mol. The average Bonchev–Trinajstić information content (AvgIpc) is 2.87. The summed E-state index contributed by atoms with van der Waals surface area (Å²) in [4.78, 5) is 39.6. The van der Waals surface area contributed by atoms with E-state index in [0.717, 1.165) is 6.20 Å². The SMILES string of the molecule is CC1(c2cccc(NC(=O)c3cccnc3SC(F)(F)F)c2)NC(=O)NC1=O. The van der Waals surface area contributed by atoms with Crippen molar-refractivity contribution >= 4 is 35.3 Å². The van der Waals surface area contributed by atoms with Crippen LogP contribution in [0.25, 0.3) is 0 Å². The van der Waals surface area contributed by atoms with Crippen LogP contribution in [0.15, 0.2) is 47.6 Å². The first-order chi connectivity index (χ1) is 13.1. The minimum atomic E-state index is -4.59. The van der Waals surface area contributed by atoms with Gasteiger partial charge in [-0.15, -0.1) is 0 Å². The van der Waals surface area contributed by atoms with E-state index in [0.29, 0.717) is 5.56 Å². The lowest BCUT2D eigenvalue weighted by atomic mass is 9.92. The molecular formula is C17H13F3N4O3S. The number of rotatable bonds is 4. The zero-order chi connectivity index (χ0) is 20.5. The fourth-order valence-corrected chi connectivity index (χ4v) is 3.21. The van der Waals surface area contributed by atoms with Gasteiger partial charge in [-0.2, -0.15) is 13.2 Å². The second kappa shape index (κ2) is 7.15. The summed E-state index contributed by atoms with van der Waals surface area (Å²) in [7, 11) is 0. The number of carbonyl (C=O) groups excluding carboxylic acids is 3. The minimum absolute atomic E-state index is 0.240. The first-order valence-electron chi connectivity index (χ1n) is 7.85. The summed E-state index contributed by atoms with van der Waals surface area (Å²) in [6.07, 6.45) is 1.16. The van der Waals surface area contributed by atoms with E-state index >= 15 is 0 Å². The topological polar surface area (TPSA) is 100 Å². The van der Waals surface area contributed by atoms with E-state index in [1.54, 1.807) is 12.1 Å². The van der Waals surface area contributed by atoms with Gasteiger partial charge >= 0.3 is 11.5 Å². The van der Waals surface area contributed by atoms with Gasteiger partial charge in [0.15, 0.2) is 0 Å². The van der Waals surface area contributed by atoms with Crippen molar-refractivity contribution < 1.29 is 27.6 Å². The number of nitrogens with one attached hydrogen (secondary N) is 3. The maximum Gasteiger partial charge on any atom is 0.447 e. The highest BCUT2D eigenvalue weighted by Gasteiger charge is 2.43. The second-order valence-corrected chi connectivity index (χ2v) is 7.03. The lowest BCUT2D eigenvalue weighted by molar-refractivity contribution is -0.123. The fourth-order valence-electron chi connectivity index (χ4n) is 2.61. The molecule has 2 aromatic rings. The van der Waals surface area contributed by atoms with E-state index < -0.39 is 45.7 Å². The Morgan fingerprint density at radius 1 is 1.21 bits per heavy atom. The number of alkyl halides is 3. The number of pyridine rings is 1. The van der Waals surface area contributed by atoms with Crippen molar-refractivity contribution in [1.29, 1.82) is 0 Å². The Morgan fingerprint density at radius 3 is 2.61 bits per heavy atom. The molecule has 11 heteroatoms. The normalized spacial score (nSPS) is 19.1. The van der Waals surface area contributed by atoms with Gasteiger partial charge in [-0.1, -0.05) is 12.1 Å². The van der Waals surface area contributed by atoms with Gasteiger partial charge in [0.1, 0.15) is 10.6 Å². The van der Waals surface area contributed by atoms with Crippen molar-refractivity contribution in [2.75, 3.05) is 5.32 Å². The van der Waals surface area contributed by atoms with E-state index in [4.69, 9.17) is 0 Å². The maximum absolute atomic E-state index is 12.7. The van der Waals surface area contributed by atoms with E-state index in [2.05, 4.69) is 20.9 Å². The van der Waals surface area contributed by atoms with Gasteiger partial charge in [-0.25, -0.2) is 9.78 Å². The number of carbonyl (C=O) groups is 3. The highest BCUT2D eigenvalue weighted by atomic mass is 32.2. The van der Waals surface area contributed by atoms with Crippen LogP contribution in [-0.4, -0.2) is 28.3 Å². The van der Waals surface area contributed by atoms with Crippen LogP contribution in [0.2, 0.25) is 0 Å². The summed E-state index contributed by atoms with van der Waals surface area (Å²) in [5.74, 6) is -1.35. The number of thioether (sulfide) groups is 1. The van der Waals surface area contributed by atoms with Crippen molar-refractivity contribution in [3.05, 3.63) is 53.7 Å². The Bertz CT molecular complexity index is 967. The van der Waals surface area contributed by atoms with Gasteiger partial charge in [0.2, 0.25) is 0 Å². The molecule has 146 valence electrons. The number of urea groups is 1. The molecule has 0 radical (unpaired) electrons. The standard InChI is InChI=1S/C17H13F3N4O3S/c1-16(14(26)23-15(27)24-16)9-4-2-5-10(8-9)22-12(25)11-6-3-7-21-13(11)28-17(18,19)20/h2-8H,1H3,(H,22,25)(H2,23,24,26,27). The molecule has 0 bridgehead atoms. The molecule has 1 unspecified atom stereocenters. The van der Waals surface area contributed by atoms with Crippen molar-refractivity contribution in [3.63, 3.8) is 0 Å². The summed E-state index contributed by atoms with van der Waals surface area (Å²) >= 11 is -0.483. The molecule has 0 aliphatic carbocycles. The van der Waals surface area contributed by atoms with Crippen LogP contribution in [0.3, 0.4) is 0 Å². The quantitative estimate of drug-likeness (QED) is 0.532. The molecule has 1 aromatic heterocycles. The van der Waals surface area contributed by atoms with Gasteiger partial charge in [-0.3, -0.25) is 14.9 Å².